The van der Waals surface area contributed by atoms with Crippen molar-refractivity contribution in [2.75, 3.05) is 6.61 Å². The highest BCUT2D eigenvalue weighted by Gasteiger charge is 2.30. The van der Waals surface area contributed by atoms with E-state index in [1.54, 1.807) is 42.5 Å². The van der Waals surface area contributed by atoms with Crippen molar-refractivity contribution in [1.82, 2.24) is 25.9 Å². The molecule has 0 aliphatic carbocycles. The fourth-order valence-corrected chi connectivity index (χ4v) is 3.87. The van der Waals surface area contributed by atoms with Crippen LogP contribution in [0.2, 0.25) is 0 Å². The van der Waals surface area contributed by atoms with Crippen molar-refractivity contribution in [3.63, 3.8) is 0 Å². The van der Waals surface area contributed by atoms with Gasteiger partial charge in [-0.05, 0) is 29.7 Å². The van der Waals surface area contributed by atoms with Crippen molar-refractivity contribution in [3.05, 3.63) is 83.9 Å². The number of carbonyl (C=O) groups is 4. The molecule has 0 aliphatic heterocycles. The van der Waals surface area contributed by atoms with Crippen LogP contribution in [0.1, 0.15) is 16.8 Å². The highest BCUT2D eigenvalue weighted by atomic mass is 16.4. The summed E-state index contributed by atoms with van der Waals surface area (Å²) in [6.07, 6.45) is 2.88. The number of nitrogens with zero attached hydrogens (tertiary/aromatic N) is 1. The van der Waals surface area contributed by atoms with E-state index < -0.39 is 54.5 Å². The number of carboxylic acids is 1. The zero-order chi connectivity index (χ0) is 29.1. The molecule has 1 aromatic heterocycles. The zero-order valence-electron chi connectivity index (χ0n) is 21.5. The molecule has 0 aliphatic rings. The Labute approximate surface area is 229 Å². The molecule has 212 valence electrons. The Morgan fingerprint density at radius 2 is 1.40 bits per heavy atom. The summed E-state index contributed by atoms with van der Waals surface area (Å²) in [6.45, 7) is -0.777. The molecule has 3 rings (SSSR count). The van der Waals surface area contributed by atoms with E-state index in [4.69, 9.17) is 5.73 Å². The van der Waals surface area contributed by atoms with Gasteiger partial charge < -0.3 is 42.0 Å². The number of hydrogen-bond acceptors (Lipinski definition) is 8. The lowest BCUT2D eigenvalue weighted by molar-refractivity contribution is -0.142. The number of phenolic OH excluding ortho intramolecular Hbond substituents is 1. The average molecular weight is 553 g/mol. The third kappa shape index (κ3) is 8.92. The first-order valence-corrected chi connectivity index (χ1v) is 12.5. The molecule has 3 amide bonds. The van der Waals surface area contributed by atoms with E-state index >= 15 is 0 Å². The maximum atomic E-state index is 13.2. The molecule has 0 spiro atoms. The highest BCUT2D eigenvalue weighted by Crippen LogP contribution is 2.11. The number of phenols is 1. The molecule has 0 radical (unpaired) electrons. The number of hydrogen-bond donors (Lipinski definition) is 8. The van der Waals surface area contributed by atoms with Gasteiger partial charge in [0.2, 0.25) is 17.7 Å². The van der Waals surface area contributed by atoms with Crippen LogP contribution in [0.5, 0.6) is 5.75 Å². The van der Waals surface area contributed by atoms with Gasteiger partial charge in [0, 0.05) is 24.7 Å². The highest BCUT2D eigenvalue weighted by molar-refractivity contribution is 5.94. The molecule has 0 fully saturated rings. The summed E-state index contributed by atoms with van der Waals surface area (Å²) < 4.78 is 0. The Morgan fingerprint density at radius 3 is 2.00 bits per heavy atom. The van der Waals surface area contributed by atoms with Crippen LogP contribution in [0, 0.1) is 0 Å². The Balaban J connectivity index is 1.69. The zero-order valence-corrected chi connectivity index (χ0v) is 21.5. The number of nitrogens with two attached hydrogens (primary N) is 1. The fourth-order valence-electron chi connectivity index (χ4n) is 3.87. The molecular weight excluding hydrogens is 520 g/mol. The van der Waals surface area contributed by atoms with E-state index in [9.17, 15) is 34.5 Å². The van der Waals surface area contributed by atoms with Crippen molar-refractivity contribution in [3.8, 4) is 5.75 Å². The molecule has 4 unspecified atom stereocenters. The van der Waals surface area contributed by atoms with E-state index in [0.29, 0.717) is 16.8 Å². The van der Waals surface area contributed by atoms with Gasteiger partial charge in [0.25, 0.3) is 0 Å². The van der Waals surface area contributed by atoms with Crippen LogP contribution in [0.15, 0.2) is 67.1 Å². The van der Waals surface area contributed by atoms with Gasteiger partial charge >= 0.3 is 5.97 Å². The molecule has 0 bridgehead atoms. The van der Waals surface area contributed by atoms with Crippen molar-refractivity contribution in [2.45, 2.75) is 43.4 Å². The van der Waals surface area contributed by atoms with E-state index in [0.717, 1.165) is 0 Å². The number of carboxylic acid groups (broad SMARTS) is 1. The molecule has 9 N–H and O–H groups in total. The van der Waals surface area contributed by atoms with E-state index in [-0.39, 0.29) is 25.0 Å². The third-order valence-electron chi connectivity index (χ3n) is 6.05. The fraction of sp³-hybridized carbons (Fsp3) is 0.296. The smallest absolute Gasteiger partial charge is 0.326 e. The number of nitrogens with one attached hydrogen (secondary N) is 4. The van der Waals surface area contributed by atoms with Gasteiger partial charge in [0.1, 0.15) is 23.9 Å². The molecular formula is C27H32N6O7. The predicted molar refractivity (Wildman–Crippen MR) is 143 cm³/mol. The number of aliphatic carboxylic acids is 1. The summed E-state index contributed by atoms with van der Waals surface area (Å²) in [7, 11) is 0. The third-order valence-corrected chi connectivity index (χ3v) is 6.05. The van der Waals surface area contributed by atoms with Crippen molar-refractivity contribution < 1.29 is 34.5 Å². The molecule has 3 aromatic rings. The lowest BCUT2D eigenvalue weighted by Gasteiger charge is -2.24. The number of aliphatic hydroxyl groups excluding tert-OH is 1. The van der Waals surface area contributed by atoms with Crippen molar-refractivity contribution in [1.29, 1.82) is 0 Å². The van der Waals surface area contributed by atoms with Crippen LogP contribution in [0.3, 0.4) is 0 Å². The van der Waals surface area contributed by atoms with Crippen LogP contribution < -0.4 is 21.7 Å². The van der Waals surface area contributed by atoms with E-state index in [2.05, 4.69) is 25.9 Å². The number of H-pyrrole nitrogens is 1. The molecule has 2 aromatic carbocycles. The summed E-state index contributed by atoms with van der Waals surface area (Å²) in [5.41, 5.74) is 7.81. The predicted octanol–water partition coefficient (Wildman–Crippen LogP) is -0.998. The van der Waals surface area contributed by atoms with Crippen LogP contribution >= 0.6 is 0 Å². The number of benzene rings is 2. The number of aromatic amines is 1. The van der Waals surface area contributed by atoms with Gasteiger partial charge in [-0.2, -0.15) is 0 Å². The number of imidazole rings is 1. The van der Waals surface area contributed by atoms with Crippen LogP contribution in [-0.2, 0) is 38.4 Å². The van der Waals surface area contributed by atoms with Crippen LogP contribution in [0.4, 0.5) is 0 Å². The van der Waals surface area contributed by atoms with Gasteiger partial charge in [-0.3, -0.25) is 14.4 Å². The Kier molecular flexibility index (Phi) is 10.7. The maximum Gasteiger partial charge on any atom is 0.326 e. The maximum absolute atomic E-state index is 13.2. The first-order chi connectivity index (χ1) is 19.2. The number of amides is 3. The van der Waals surface area contributed by atoms with Gasteiger partial charge in [-0.25, -0.2) is 9.78 Å². The minimum absolute atomic E-state index is 0.0152. The minimum Gasteiger partial charge on any atom is -0.508 e. The first kappa shape index (κ1) is 29.8. The van der Waals surface area contributed by atoms with Gasteiger partial charge in [-0.1, -0.05) is 42.5 Å². The molecule has 1 heterocycles. The molecule has 40 heavy (non-hydrogen) atoms. The van der Waals surface area contributed by atoms with E-state index in [1.165, 1.54) is 24.7 Å². The summed E-state index contributed by atoms with van der Waals surface area (Å²) >= 11 is 0. The monoisotopic (exact) mass is 552 g/mol. The van der Waals surface area contributed by atoms with Gasteiger partial charge in [0.15, 0.2) is 0 Å². The summed E-state index contributed by atoms with van der Waals surface area (Å²) in [4.78, 5) is 57.3. The molecule has 0 saturated heterocycles. The van der Waals surface area contributed by atoms with Crippen molar-refractivity contribution in [2.24, 2.45) is 5.73 Å². The Bertz CT molecular complexity index is 1270. The number of aromatic nitrogens is 2. The summed E-state index contributed by atoms with van der Waals surface area (Å²) in [5, 5.41) is 36.2. The first-order valence-electron chi connectivity index (χ1n) is 12.5. The summed E-state index contributed by atoms with van der Waals surface area (Å²) in [5.74, 6) is -3.56. The summed E-state index contributed by atoms with van der Waals surface area (Å²) in [6, 6.07) is 9.82. The van der Waals surface area contributed by atoms with Gasteiger partial charge in [0.05, 0.1) is 19.0 Å². The van der Waals surface area contributed by atoms with E-state index in [1.807, 2.05) is 0 Å². The number of aromatic hydroxyl groups is 1. The largest absolute Gasteiger partial charge is 0.508 e. The molecule has 13 heteroatoms. The Hall–Kier alpha value is -4.75. The quantitative estimate of drug-likeness (QED) is 0.123. The molecule has 4 atom stereocenters. The van der Waals surface area contributed by atoms with Crippen LogP contribution in [0.25, 0.3) is 0 Å². The lowest BCUT2D eigenvalue weighted by Crippen LogP contribution is -2.58. The standard InChI is InChI=1S/C27H32N6O7/c28-20(10-17-6-8-19(35)9-7-17)24(36)33-23(14-34)26(38)31-21(11-16-4-2-1-3-5-16)25(37)32-22(27(39)40)12-18-13-29-15-30-18/h1-9,13,15,20-23,34-35H,10-12,14,28H2,(H,29,30)(H,31,38)(H,32,37)(H,33,36)(H,39,40). The number of rotatable bonds is 14. The minimum atomic E-state index is -1.43. The SMILES string of the molecule is NC(Cc1ccc(O)cc1)C(=O)NC(CO)C(=O)NC(Cc1ccccc1)C(=O)NC(Cc1cnc[nH]1)C(=O)O. The van der Waals surface area contributed by atoms with Gasteiger partial charge in [-0.15, -0.1) is 0 Å². The second-order valence-electron chi connectivity index (χ2n) is 9.15. The molecule has 0 saturated carbocycles. The van der Waals surface area contributed by atoms with Crippen LogP contribution in [-0.4, -0.2) is 79.8 Å². The second-order valence-corrected chi connectivity index (χ2v) is 9.15. The van der Waals surface area contributed by atoms with Crippen molar-refractivity contribution >= 4 is 23.7 Å². The topological polar surface area (TPSA) is 220 Å². The Morgan fingerprint density at radius 1 is 0.800 bits per heavy atom. The second kappa shape index (κ2) is 14.4. The number of aliphatic hydroxyl groups is 1. The average Bonchev–Trinajstić information content (AvgIpc) is 3.45. The lowest BCUT2D eigenvalue weighted by atomic mass is 10.0. The normalized spacial score (nSPS) is 13.8. The number of carbonyl (C=O) groups excluding carboxylic acids is 3. The molecule has 13 nitrogen and oxygen atoms in total.